The van der Waals surface area contributed by atoms with Gasteiger partial charge in [0.25, 0.3) is 0 Å². The second-order valence-corrected chi connectivity index (χ2v) is 9.24. The number of benzene rings is 3. The third kappa shape index (κ3) is 5.13. The molecule has 3 aromatic carbocycles. The molecular formula is C24H25N3O3S. The highest BCUT2D eigenvalue weighted by Crippen LogP contribution is 2.25. The number of carbonyl (C=O) groups is 1. The summed E-state index contributed by atoms with van der Waals surface area (Å²) < 4.78 is 29.1. The zero-order valence-electron chi connectivity index (χ0n) is 17.1. The molecule has 6 nitrogen and oxygen atoms in total. The summed E-state index contributed by atoms with van der Waals surface area (Å²) in [5.41, 5.74) is 2.28. The monoisotopic (exact) mass is 435 g/mol. The molecule has 0 unspecified atom stereocenters. The highest BCUT2D eigenvalue weighted by atomic mass is 32.2. The Hall–Kier alpha value is -3.16. The Morgan fingerprint density at radius 2 is 1.29 bits per heavy atom. The number of likely N-dealkylation sites (tertiary alicyclic amines) is 1. The molecule has 2 N–H and O–H groups in total. The van der Waals surface area contributed by atoms with Gasteiger partial charge in [0, 0.05) is 18.8 Å². The van der Waals surface area contributed by atoms with Crippen molar-refractivity contribution in [2.45, 2.75) is 23.8 Å². The molecule has 1 saturated heterocycles. The fourth-order valence-electron chi connectivity index (χ4n) is 3.68. The minimum absolute atomic E-state index is 0.142. The number of anilines is 1. The summed E-state index contributed by atoms with van der Waals surface area (Å²) >= 11 is 0. The van der Waals surface area contributed by atoms with Crippen LogP contribution in [0, 0.1) is 0 Å². The van der Waals surface area contributed by atoms with E-state index in [0.29, 0.717) is 5.69 Å². The van der Waals surface area contributed by atoms with Crippen LogP contribution in [0.1, 0.15) is 30.0 Å². The van der Waals surface area contributed by atoms with Gasteiger partial charge in [0.1, 0.15) is 0 Å². The lowest BCUT2D eigenvalue weighted by atomic mass is 10.00. The molecule has 1 aliphatic rings. The molecule has 160 valence electrons. The molecule has 1 heterocycles. The Balaban J connectivity index is 1.53. The van der Waals surface area contributed by atoms with Crippen LogP contribution in [-0.2, 0) is 10.0 Å². The van der Waals surface area contributed by atoms with Crippen molar-refractivity contribution in [3.05, 3.63) is 96.1 Å². The molecule has 31 heavy (non-hydrogen) atoms. The molecular weight excluding hydrogens is 410 g/mol. The van der Waals surface area contributed by atoms with Gasteiger partial charge in [-0.15, -0.1) is 0 Å². The van der Waals surface area contributed by atoms with Gasteiger partial charge >= 0.3 is 6.03 Å². The van der Waals surface area contributed by atoms with Crippen LogP contribution in [0.25, 0.3) is 0 Å². The second kappa shape index (κ2) is 9.32. The van der Waals surface area contributed by atoms with Crippen molar-refractivity contribution >= 4 is 21.7 Å². The molecule has 0 saturated carbocycles. The van der Waals surface area contributed by atoms with E-state index < -0.39 is 16.1 Å². The molecule has 3 aromatic rings. The summed E-state index contributed by atoms with van der Waals surface area (Å²) in [5.74, 6) is 0. The van der Waals surface area contributed by atoms with Crippen LogP contribution >= 0.6 is 0 Å². The van der Waals surface area contributed by atoms with Gasteiger partial charge < -0.3 is 10.2 Å². The number of sulfonamides is 1. The normalized spacial score (nSPS) is 14.0. The average Bonchev–Trinajstić information content (AvgIpc) is 3.34. The summed E-state index contributed by atoms with van der Waals surface area (Å²) in [5, 5.41) is 2.83. The zero-order chi connectivity index (χ0) is 21.7. The van der Waals surface area contributed by atoms with E-state index in [0.717, 1.165) is 37.1 Å². The lowest BCUT2D eigenvalue weighted by molar-refractivity contribution is 0.222. The van der Waals surface area contributed by atoms with Crippen LogP contribution in [0.2, 0.25) is 0 Å². The van der Waals surface area contributed by atoms with Crippen LogP contribution in [0.3, 0.4) is 0 Å². The van der Waals surface area contributed by atoms with E-state index in [1.165, 1.54) is 12.1 Å². The van der Waals surface area contributed by atoms with Gasteiger partial charge in [-0.05, 0) is 48.2 Å². The smallest absolute Gasteiger partial charge is 0.321 e. The predicted molar refractivity (Wildman–Crippen MR) is 121 cm³/mol. The standard InChI is InChI=1S/C24H25N3O3S/c28-24(27-17-7-8-18-27)25-21-13-15-22(16-14-21)31(29,30)26-23(19-9-3-1-4-10-19)20-11-5-2-6-12-20/h1-6,9-16,23,26H,7-8,17-18H2,(H,25,28). The van der Waals surface area contributed by atoms with E-state index in [4.69, 9.17) is 0 Å². The molecule has 0 radical (unpaired) electrons. The Kier molecular flexibility index (Phi) is 6.34. The van der Waals surface area contributed by atoms with E-state index in [1.54, 1.807) is 17.0 Å². The molecule has 0 spiro atoms. The van der Waals surface area contributed by atoms with Crippen molar-refractivity contribution in [3.63, 3.8) is 0 Å². The van der Waals surface area contributed by atoms with Crippen molar-refractivity contribution < 1.29 is 13.2 Å². The first-order chi connectivity index (χ1) is 15.0. The first-order valence-electron chi connectivity index (χ1n) is 10.3. The van der Waals surface area contributed by atoms with E-state index >= 15 is 0 Å². The number of amides is 2. The Morgan fingerprint density at radius 1 is 0.774 bits per heavy atom. The van der Waals surface area contributed by atoms with Gasteiger partial charge in [0.15, 0.2) is 0 Å². The summed E-state index contributed by atoms with van der Waals surface area (Å²) in [7, 11) is -3.79. The van der Waals surface area contributed by atoms with Crippen LogP contribution < -0.4 is 10.0 Å². The SMILES string of the molecule is O=C(Nc1ccc(S(=O)(=O)NC(c2ccccc2)c2ccccc2)cc1)N1CCCC1. The molecule has 0 aromatic heterocycles. The molecule has 0 bridgehead atoms. The quantitative estimate of drug-likeness (QED) is 0.603. The number of carbonyl (C=O) groups excluding carboxylic acids is 1. The van der Waals surface area contributed by atoms with Gasteiger partial charge in [0.05, 0.1) is 10.9 Å². The minimum atomic E-state index is -3.79. The lowest BCUT2D eigenvalue weighted by Gasteiger charge is -2.20. The minimum Gasteiger partial charge on any atom is -0.325 e. The van der Waals surface area contributed by atoms with Crippen LogP contribution in [-0.4, -0.2) is 32.4 Å². The topological polar surface area (TPSA) is 78.5 Å². The second-order valence-electron chi connectivity index (χ2n) is 7.52. The molecule has 1 aliphatic heterocycles. The van der Waals surface area contributed by atoms with Crippen molar-refractivity contribution in [2.75, 3.05) is 18.4 Å². The number of hydrogen-bond acceptors (Lipinski definition) is 3. The predicted octanol–water partition coefficient (Wildman–Crippen LogP) is 4.38. The van der Waals surface area contributed by atoms with Gasteiger partial charge in [-0.1, -0.05) is 60.7 Å². The Morgan fingerprint density at radius 3 is 1.81 bits per heavy atom. The van der Waals surface area contributed by atoms with Crippen LogP contribution in [0.4, 0.5) is 10.5 Å². The Labute approximate surface area is 183 Å². The van der Waals surface area contributed by atoms with E-state index in [1.807, 2.05) is 60.7 Å². The highest BCUT2D eigenvalue weighted by Gasteiger charge is 2.23. The summed E-state index contributed by atoms with van der Waals surface area (Å²) in [6, 6.07) is 24.5. The number of nitrogens with zero attached hydrogens (tertiary/aromatic N) is 1. The van der Waals surface area contributed by atoms with Gasteiger partial charge in [-0.2, -0.15) is 4.72 Å². The summed E-state index contributed by atoms with van der Waals surface area (Å²) in [6.07, 6.45) is 2.03. The first-order valence-corrected chi connectivity index (χ1v) is 11.8. The molecule has 4 rings (SSSR count). The molecule has 1 fully saturated rings. The number of nitrogens with one attached hydrogen (secondary N) is 2. The van der Waals surface area contributed by atoms with Gasteiger partial charge in [-0.25, -0.2) is 13.2 Å². The largest absolute Gasteiger partial charge is 0.325 e. The third-order valence-electron chi connectivity index (χ3n) is 5.35. The van der Waals surface area contributed by atoms with Gasteiger partial charge in [-0.3, -0.25) is 0 Å². The maximum Gasteiger partial charge on any atom is 0.321 e. The summed E-state index contributed by atoms with van der Waals surface area (Å²) in [6.45, 7) is 1.51. The summed E-state index contributed by atoms with van der Waals surface area (Å²) in [4.78, 5) is 14.1. The molecule has 7 heteroatoms. The first kappa shape index (κ1) is 21.1. The van der Waals surface area contributed by atoms with Crippen molar-refractivity contribution in [1.29, 1.82) is 0 Å². The Bertz CT molecular complexity index is 1070. The number of hydrogen-bond donors (Lipinski definition) is 2. The molecule has 0 aliphatic carbocycles. The number of rotatable bonds is 6. The third-order valence-corrected chi connectivity index (χ3v) is 6.79. The van der Waals surface area contributed by atoms with E-state index in [9.17, 15) is 13.2 Å². The average molecular weight is 436 g/mol. The maximum atomic E-state index is 13.1. The van der Waals surface area contributed by atoms with Gasteiger partial charge in [0.2, 0.25) is 10.0 Å². The zero-order valence-corrected chi connectivity index (χ0v) is 17.9. The molecule has 2 amide bonds. The fraction of sp³-hybridized carbons (Fsp3) is 0.208. The van der Waals surface area contributed by atoms with Crippen molar-refractivity contribution in [1.82, 2.24) is 9.62 Å². The van der Waals surface area contributed by atoms with Crippen molar-refractivity contribution in [2.24, 2.45) is 0 Å². The highest BCUT2D eigenvalue weighted by molar-refractivity contribution is 7.89. The lowest BCUT2D eigenvalue weighted by Crippen LogP contribution is -2.32. The van der Waals surface area contributed by atoms with Crippen LogP contribution in [0.15, 0.2) is 89.8 Å². The number of urea groups is 1. The maximum absolute atomic E-state index is 13.1. The molecule has 0 atom stereocenters. The van der Waals surface area contributed by atoms with E-state index in [-0.39, 0.29) is 10.9 Å². The van der Waals surface area contributed by atoms with E-state index in [2.05, 4.69) is 10.0 Å². The van der Waals surface area contributed by atoms with Crippen molar-refractivity contribution in [3.8, 4) is 0 Å². The van der Waals surface area contributed by atoms with Crippen LogP contribution in [0.5, 0.6) is 0 Å². The fourth-order valence-corrected chi connectivity index (χ4v) is 4.90.